The molecule has 0 aliphatic heterocycles. The SMILES string of the molecule is CC(C)(C)c1ccc(Cl)c(C(C)(F)F)c1. The van der Waals surface area contributed by atoms with Crippen molar-refractivity contribution in [2.24, 2.45) is 0 Å². The van der Waals surface area contributed by atoms with Crippen molar-refractivity contribution in [1.29, 1.82) is 0 Å². The maximum atomic E-state index is 13.2. The van der Waals surface area contributed by atoms with Gasteiger partial charge in [-0.05, 0) is 23.1 Å². The van der Waals surface area contributed by atoms with E-state index in [0.29, 0.717) is 0 Å². The zero-order valence-corrected chi connectivity index (χ0v) is 10.1. The molecule has 0 amide bonds. The van der Waals surface area contributed by atoms with Crippen molar-refractivity contribution in [2.45, 2.75) is 39.0 Å². The van der Waals surface area contributed by atoms with Crippen LogP contribution in [-0.4, -0.2) is 0 Å². The van der Waals surface area contributed by atoms with E-state index in [0.717, 1.165) is 12.5 Å². The summed E-state index contributed by atoms with van der Waals surface area (Å²) in [6.07, 6.45) is 0. The molecule has 0 saturated heterocycles. The Kier molecular flexibility index (Phi) is 3.11. The van der Waals surface area contributed by atoms with Gasteiger partial charge in [0, 0.05) is 17.5 Å². The number of alkyl halides is 2. The van der Waals surface area contributed by atoms with Crippen LogP contribution in [0.5, 0.6) is 0 Å². The van der Waals surface area contributed by atoms with E-state index in [1.807, 2.05) is 20.8 Å². The van der Waals surface area contributed by atoms with E-state index in [-0.39, 0.29) is 16.0 Å². The van der Waals surface area contributed by atoms with Crippen molar-refractivity contribution in [3.05, 3.63) is 34.3 Å². The molecule has 3 heteroatoms. The third kappa shape index (κ3) is 2.91. The Balaban J connectivity index is 3.30. The maximum Gasteiger partial charge on any atom is 0.271 e. The highest BCUT2D eigenvalue weighted by atomic mass is 35.5. The molecule has 0 atom stereocenters. The van der Waals surface area contributed by atoms with Gasteiger partial charge in [0.25, 0.3) is 5.92 Å². The average Bonchev–Trinajstić information content (AvgIpc) is 2.00. The van der Waals surface area contributed by atoms with Gasteiger partial charge in [-0.2, -0.15) is 0 Å². The van der Waals surface area contributed by atoms with E-state index >= 15 is 0 Å². The summed E-state index contributed by atoms with van der Waals surface area (Å²) < 4.78 is 26.4. The second-order valence-electron chi connectivity index (χ2n) is 4.83. The molecule has 0 spiro atoms. The molecule has 0 unspecified atom stereocenters. The van der Waals surface area contributed by atoms with E-state index in [1.54, 1.807) is 6.07 Å². The second-order valence-corrected chi connectivity index (χ2v) is 5.24. The van der Waals surface area contributed by atoms with Crippen LogP contribution in [0.4, 0.5) is 8.78 Å². The fraction of sp³-hybridized carbons (Fsp3) is 0.500. The van der Waals surface area contributed by atoms with Gasteiger partial charge in [-0.15, -0.1) is 0 Å². The van der Waals surface area contributed by atoms with Crippen LogP contribution in [0.25, 0.3) is 0 Å². The quantitative estimate of drug-likeness (QED) is 0.656. The molecule has 84 valence electrons. The zero-order chi connectivity index (χ0) is 11.9. The van der Waals surface area contributed by atoms with Crippen molar-refractivity contribution < 1.29 is 8.78 Å². The highest BCUT2D eigenvalue weighted by Crippen LogP contribution is 2.35. The van der Waals surface area contributed by atoms with Crippen LogP contribution < -0.4 is 0 Å². The lowest BCUT2D eigenvalue weighted by Gasteiger charge is -2.22. The molecule has 1 aromatic carbocycles. The van der Waals surface area contributed by atoms with Crippen molar-refractivity contribution in [2.75, 3.05) is 0 Å². The Morgan fingerprint density at radius 1 is 1.07 bits per heavy atom. The third-order valence-electron chi connectivity index (χ3n) is 2.31. The summed E-state index contributed by atoms with van der Waals surface area (Å²) in [5.74, 6) is -2.89. The number of halogens is 3. The van der Waals surface area contributed by atoms with Gasteiger partial charge in [-0.1, -0.05) is 38.4 Å². The zero-order valence-electron chi connectivity index (χ0n) is 9.37. The molecule has 0 nitrogen and oxygen atoms in total. The number of rotatable bonds is 1. The van der Waals surface area contributed by atoms with Crippen molar-refractivity contribution in [1.82, 2.24) is 0 Å². The van der Waals surface area contributed by atoms with Crippen molar-refractivity contribution in [3.63, 3.8) is 0 Å². The fourth-order valence-electron chi connectivity index (χ4n) is 1.33. The van der Waals surface area contributed by atoms with E-state index in [2.05, 4.69) is 0 Å². The van der Waals surface area contributed by atoms with E-state index in [9.17, 15) is 8.78 Å². The number of benzene rings is 1. The lowest BCUT2D eigenvalue weighted by atomic mass is 9.85. The van der Waals surface area contributed by atoms with E-state index in [4.69, 9.17) is 11.6 Å². The van der Waals surface area contributed by atoms with Crippen LogP contribution >= 0.6 is 11.6 Å². The predicted molar refractivity (Wildman–Crippen MR) is 59.7 cm³/mol. The van der Waals surface area contributed by atoms with Gasteiger partial charge in [0.15, 0.2) is 0 Å². The molecule has 15 heavy (non-hydrogen) atoms. The summed E-state index contributed by atoms with van der Waals surface area (Å²) in [7, 11) is 0. The lowest BCUT2D eigenvalue weighted by molar-refractivity contribution is 0.0174. The number of hydrogen-bond acceptors (Lipinski definition) is 0. The minimum absolute atomic E-state index is 0.100. The molecule has 0 heterocycles. The second kappa shape index (κ2) is 3.75. The average molecular weight is 233 g/mol. The van der Waals surface area contributed by atoms with Crippen LogP contribution in [0.15, 0.2) is 18.2 Å². The van der Waals surface area contributed by atoms with Gasteiger partial charge in [0.05, 0.1) is 0 Å². The first-order chi connectivity index (χ1) is 6.62. The molecule has 0 fully saturated rings. The first-order valence-corrected chi connectivity index (χ1v) is 5.18. The van der Waals surface area contributed by atoms with Gasteiger partial charge < -0.3 is 0 Å². The topological polar surface area (TPSA) is 0 Å². The normalized spacial score (nSPS) is 13.0. The summed E-state index contributed by atoms with van der Waals surface area (Å²) in [5, 5.41) is 0.121. The molecule has 1 rings (SSSR count). The Labute approximate surface area is 94.3 Å². The first-order valence-electron chi connectivity index (χ1n) is 4.80. The molecule has 0 N–H and O–H groups in total. The third-order valence-corrected chi connectivity index (χ3v) is 2.63. The Bertz CT molecular complexity index is 359. The molecule has 0 aliphatic rings. The summed E-state index contributed by atoms with van der Waals surface area (Å²) >= 11 is 5.75. The molecule has 1 aromatic rings. The monoisotopic (exact) mass is 232 g/mol. The lowest BCUT2D eigenvalue weighted by Crippen LogP contribution is -2.14. The van der Waals surface area contributed by atoms with Crippen molar-refractivity contribution in [3.8, 4) is 0 Å². The van der Waals surface area contributed by atoms with Crippen LogP contribution in [0.1, 0.15) is 38.8 Å². The fourth-order valence-corrected chi connectivity index (χ4v) is 1.61. The van der Waals surface area contributed by atoms with Crippen LogP contribution in [0.3, 0.4) is 0 Å². The van der Waals surface area contributed by atoms with Gasteiger partial charge in [-0.3, -0.25) is 0 Å². The molecule has 0 bridgehead atoms. The molecule has 0 aliphatic carbocycles. The standard InChI is InChI=1S/C12H15ClF2/c1-11(2,3)8-5-6-10(13)9(7-8)12(4,14)15/h5-7H,1-4H3. The van der Waals surface area contributed by atoms with E-state index < -0.39 is 5.92 Å². The highest BCUT2D eigenvalue weighted by Gasteiger charge is 2.28. The van der Waals surface area contributed by atoms with Gasteiger partial charge in [0.2, 0.25) is 0 Å². The number of hydrogen-bond donors (Lipinski definition) is 0. The van der Waals surface area contributed by atoms with Crippen LogP contribution in [-0.2, 0) is 11.3 Å². The minimum atomic E-state index is -2.89. The van der Waals surface area contributed by atoms with Crippen LogP contribution in [0.2, 0.25) is 5.02 Å². The van der Waals surface area contributed by atoms with Gasteiger partial charge in [0.1, 0.15) is 0 Å². The van der Waals surface area contributed by atoms with Gasteiger partial charge >= 0.3 is 0 Å². The molecular weight excluding hydrogens is 218 g/mol. The van der Waals surface area contributed by atoms with Crippen molar-refractivity contribution >= 4 is 11.6 Å². The Hall–Kier alpha value is -0.630. The first kappa shape index (κ1) is 12.4. The molecule has 0 aromatic heterocycles. The highest BCUT2D eigenvalue weighted by molar-refractivity contribution is 6.31. The molecule has 0 radical (unpaired) electrons. The molecule has 0 saturated carbocycles. The minimum Gasteiger partial charge on any atom is -0.202 e. The van der Waals surface area contributed by atoms with E-state index in [1.165, 1.54) is 12.1 Å². The van der Waals surface area contributed by atoms with Gasteiger partial charge in [-0.25, -0.2) is 8.78 Å². The van der Waals surface area contributed by atoms with Crippen LogP contribution in [0, 0.1) is 0 Å². The predicted octanol–water partition coefficient (Wildman–Crippen LogP) is 4.75. The Morgan fingerprint density at radius 3 is 2.00 bits per heavy atom. The Morgan fingerprint density at radius 2 is 1.60 bits per heavy atom. The summed E-state index contributed by atoms with van der Waals surface area (Å²) in [5.41, 5.74) is 0.616. The summed E-state index contributed by atoms with van der Waals surface area (Å²) in [6.45, 7) is 6.80. The largest absolute Gasteiger partial charge is 0.271 e. The summed E-state index contributed by atoms with van der Waals surface area (Å²) in [6, 6.07) is 4.81. The smallest absolute Gasteiger partial charge is 0.202 e. The maximum absolute atomic E-state index is 13.2. The molecular formula is C12H15ClF2. The summed E-state index contributed by atoms with van der Waals surface area (Å²) in [4.78, 5) is 0.